The molecular weight excluding hydrogens is 516 g/mol. The highest BCUT2D eigenvalue weighted by Gasteiger charge is 2.45. The number of hydrogen-bond donors (Lipinski definition) is 4. The second kappa shape index (κ2) is 11.8. The van der Waals surface area contributed by atoms with Gasteiger partial charge in [0.2, 0.25) is 5.91 Å². The number of nitrogens with zero attached hydrogens (tertiary/aromatic N) is 2. The van der Waals surface area contributed by atoms with Crippen molar-refractivity contribution in [2.24, 2.45) is 11.1 Å². The Balaban J connectivity index is 1.89. The van der Waals surface area contributed by atoms with Crippen LogP contribution in [-0.2, 0) is 26.3 Å². The molecule has 0 bridgehead atoms. The Hall–Kier alpha value is -1.96. The lowest BCUT2D eigenvalue weighted by atomic mass is 9.98. The van der Waals surface area contributed by atoms with E-state index >= 15 is 0 Å². The van der Waals surface area contributed by atoms with Gasteiger partial charge in [0.25, 0.3) is 10.2 Å². The summed E-state index contributed by atoms with van der Waals surface area (Å²) in [4.78, 5) is 28.9. The van der Waals surface area contributed by atoms with E-state index in [0.29, 0.717) is 24.4 Å². The molecule has 2 heterocycles. The number of rotatable bonds is 10. The molecule has 1 fully saturated rings. The first-order valence-electron chi connectivity index (χ1n) is 12.4. The van der Waals surface area contributed by atoms with Gasteiger partial charge >= 0.3 is 5.97 Å². The lowest BCUT2D eigenvalue weighted by Crippen LogP contribution is -2.42. The lowest BCUT2D eigenvalue weighted by Gasteiger charge is -2.28. The van der Waals surface area contributed by atoms with E-state index in [1.54, 1.807) is 6.92 Å². The van der Waals surface area contributed by atoms with Gasteiger partial charge in [-0.1, -0.05) is 25.1 Å². The van der Waals surface area contributed by atoms with Crippen molar-refractivity contribution in [2.75, 3.05) is 13.1 Å². The van der Waals surface area contributed by atoms with Crippen LogP contribution in [0.5, 0.6) is 0 Å². The number of thioether (sulfide) groups is 1. The number of aliphatic hydroxyl groups excluding tert-OH is 1. The third-order valence-electron chi connectivity index (χ3n) is 7.31. The largest absolute Gasteiger partial charge is 0.477 e. The molecule has 1 saturated heterocycles. The second-order valence-corrected chi connectivity index (χ2v) is 12.9. The minimum absolute atomic E-state index is 0.0247. The van der Waals surface area contributed by atoms with Crippen LogP contribution in [-0.4, -0.2) is 76.8 Å². The number of nitrogens with two attached hydrogens (primary N) is 1. The minimum atomic E-state index is -3.87. The highest BCUT2D eigenvalue weighted by atomic mass is 32.2. The Bertz CT molecular complexity index is 1170. The highest BCUT2D eigenvalue weighted by molar-refractivity contribution is 8.03. The van der Waals surface area contributed by atoms with E-state index in [1.165, 1.54) is 34.7 Å². The Morgan fingerprint density at radius 3 is 2.54 bits per heavy atom. The summed E-state index contributed by atoms with van der Waals surface area (Å²) in [5.74, 6) is -1.80. The molecule has 2 aliphatic rings. The maximum absolute atomic E-state index is 12.5. The average Bonchev–Trinajstić information content (AvgIpc) is 3.28. The van der Waals surface area contributed by atoms with Gasteiger partial charge in [-0.05, 0) is 50.3 Å². The molecule has 206 valence electrons. The zero-order valence-electron chi connectivity index (χ0n) is 22.0. The quantitative estimate of drug-likeness (QED) is 0.341. The van der Waals surface area contributed by atoms with Crippen molar-refractivity contribution >= 4 is 33.8 Å². The van der Waals surface area contributed by atoms with E-state index in [4.69, 9.17) is 5.14 Å². The Kier molecular flexibility index (Phi) is 9.46. The number of nitrogens with one attached hydrogen (secondary N) is 1. The summed E-state index contributed by atoms with van der Waals surface area (Å²) >= 11 is 1.44. The van der Waals surface area contributed by atoms with Crippen LogP contribution in [0.2, 0.25) is 0 Å². The number of aliphatic hydroxyl groups is 1. The molecule has 0 radical (unpaired) electrons. The molecule has 0 spiro atoms. The molecule has 12 heteroatoms. The van der Waals surface area contributed by atoms with Gasteiger partial charge < -0.3 is 15.1 Å². The first-order chi connectivity index (χ1) is 17.2. The number of carbonyl (C=O) groups excluding carboxylic acids is 1. The number of aliphatic carboxylic acids is 1. The van der Waals surface area contributed by atoms with Crippen molar-refractivity contribution in [1.82, 2.24) is 14.5 Å². The molecule has 0 unspecified atom stereocenters. The topological polar surface area (TPSA) is 153 Å². The maximum atomic E-state index is 12.5. The van der Waals surface area contributed by atoms with Crippen molar-refractivity contribution in [3.8, 4) is 0 Å². The van der Waals surface area contributed by atoms with Crippen LogP contribution in [0.4, 0.5) is 0 Å². The van der Waals surface area contributed by atoms with Gasteiger partial charge in [-0.2, -0.15) is 8.42 Å². The van der Waals surface area contributed by atoms with Crippen molar-refractivity contribution in [1.29, 1.82) is 0 Å². The fourth-order valence-electron chi connectivity index (χ4n) is 5.34. The summed E-state index contributed by atoms with van der Waals surface area (Å²) in [6.07, 6.45) is 0.190. The summed E-state index contributed by atoms with van der Waals surface area (Å²) in [7, 11) is -3.87. The van der Waals surface area contributed by atoms with Gasteiger partial charge in [-0.3, -0.25) is 9.69 Å². The zero-order valence-corrected chi connectivity index (χ0v) is 23.6. The molecule has 2 aliphatic heterocycles. The number of benzene rings is 1. The number of carbonyl (C=O) groups is 2. The number of amides is 1. The first-order valence-corrected chi connectivity index (χ1v) is 14.8. The predicted octanol–water partition coefficient (Wildman–Crippen LogP) is 1.71. The van der Waals surface area contributed by atoms with E-state index in [0.717, 1.165) is 5.56 Å². The molecule has 0 saturated carbocycles. The molecule has 1 amide bonds. The SMILES string of the molecule is CC(=O)N1C(C(=O)O)=C(S[C@H]2C[C@@H](CNS(N)(=O)=O)N(Cc3cccc(C)c3C)C2)[C@H](C)[C@@H]1C[C@@H](C)O. The maximum Gasteiger partial charge on any atom is 0.353 e. The van der Waals surface area contributed by atoms with Crippen LogP contribution >= 0.6 is 11.8 Å². The van der Waals surface area contributed by atoms with E-state index in [-0.39, 0.29) is 41.8 Å². The van der Waals surface area contributed by atoms with Gasteiger partial charge in [-0.15, -0.1) is 11.8 Å². The number of hydrogen-bond acceptors (Lipinski definition) is 7. The van der Waals surface area contributed by atoms with Crippen LogP contribution in [0, 0.1) is 19.8 Å². The van der Waals surface area contributed by atoms with Crippen molar-refractivity contribution in [2.45, 2.75) is 77.4 Å². The zero-order chi connectivity index (χ0) is 27.7. The molecule has 10 nitrogen and oxygen atoms in total. The molecule has 5 N–H and O–H groups in total. The molecule has 5 atom stereocenters. The Morgan fingerprint density at radius 1 is 1.30 bits per heavy atom. The van der Waals surface area contributed by atoms with Crippen molar-refractivity contribution < 1.29 is 28.2 Å². The molecule has 0 aliphatic carbocycles. The van der Waals surface area contributed by atoms with Crippen LogP contribution in [0.3, 0.4) is 0 Å². The third kappa shape index (κ3) is 7.12. The molecule has 3 rings (SSSR count). The number of carboxylic acid groups (broad SMARTS) is 1. The van der Waals surface area contributed by atoms with Crippen LogP contribution in [0.25, 0.3) is 0 Å². The van der Waals surface area contributed by atoms with Crippen LogP contribution < -0.4 is 9.86 Å². The normalized spacial score (nSPS) is 25.6. The summed E-state index contributed by atoms with van der Waals surface area (Å²) in [6.45, 7) is 10.3. The predicted molar refractivity (Wildman–Crippen MR) is 144 cm³/mol. The van der Waals surface area contributed by atoms with E-state index in [2.05, 4.69) is 22.6 Å². The first kappa shape index (κ1) is 29.6. The van der Waals surface area contributed by atoms with E-state index in [1.807, 2.05) is 26.0 Å². The van der Waals surface area contributed by atoms with Crippen molar-refractivity contribution in [3.05, 3.63) is 45.5 Å². The minimum Gasteiger partial charge on any atom is -0.477 e. The fourth-order valence-corrected chi connectivity index (χ4v) is 7.38. The monoisotopic (exact) mass is 554 g/mol. The molecular formula is C25H38N4O6S2. The highest BCUT2D eigenvalue weighted by Crippen LogP contribution is 2.46. The van der Waals surface area contributed by atoms with Gasteiger partial charge in [-0.25, -0.2) is 14.7 Å². The molecule has 37 heavy (non-hydrogen) atoms. The Labute approximate surface area is 223 Å². The summed E-state index contributed by atoms with van der Waals surface area (Å²) in [5.41, 5.74) is 3.47. The number of aryl methyl sites for hydroxylation is 1. The summed E-state index contributed by atoms with van der Waals surface area (Å²) < 4.78 is 25.6. The van der Waals surface area contributed by atoms with Gasteiger partial charge in [0.1, 0.15) is 5.70 Å². The fraction of sp³-hybridized carbons (Fsp3) is 0.600. The smallest absolute Gasteiger partial charge is 0.353 e. The molecule has 0 aromatic heterocycles. The second-order valence-electron chi connectivity index (χ2n) is 10.2. The lowest BCUT2D eigenvalue weighted by molar-refractivity contribution is -0.140. The van der Waals surface area contributed by atoms with Crippen molar-refractivity contribution in [3.63, 3.8) is 0 Å². The molecule has 1 aromatic rings. The van der Waals surface area contributed by atoms with E-state index in [9.17, 15) is 28.2 Å². The average molecular weight is 555 g/mol. The summed E-state index contributed by atoms with van der Waals surface area (Å²) in [6, 6.07) is 5.52. The molecule has 1 aromatic carbocycles. The van der Waals surface area contributed by atoms with Crippen LogP contribution in [0.1, 0.15) is 50.3 Å². The van der Waals surface area contributed by atoms with Gasteiger partial charge in [0, 0.05) is 54.7 Å². The standard InChI is InChI=1S/C25H38N4O6S2/c1-14-7-6-8-19(16(14)3)12-28-13-21(10-20(28)11-27-37(26,34)35)36-24-17(4)22(9-15(2)30)29(18(5)31)23(24)25(32)33/h6-8,15,17,20-22,27,30H,9-13H2,1-5H3,(H,32,33)(H2,26,34,35)/t15-,17-,20+,21+,22+/m1/s1. The number of carboxylic acids is 1. The van der Waals surface area contributed by atoms with Gasteiger partial charge in [0.15, 0.2) is 0 Å². The number of likely N-dealkylation sites (tertiary alicyclic amines) is 1. The third-order valence-corrected chi connectivity index (χ3v) is 9.38. The van der Waals surface area contributed by atoms with Gasteiger partial charge in [0.05, 0.1) is 6.10 Å². The van der Waals surface area contributed by atoms with E-state index < -0.39 is 28.3 Å². The summed E-state index contributed by atoms with van der Waals surface area (Å²) in [5, 5.41) is 25.2. The Morgan fingerprint density at radius 2 is 1.97 bits per heavy atom. The van der Waals surface area contributed by atoms with Crippen LogP contribution in [0.15, 0.2) is 28.8 Å².